The van der Waals surface area contributed by atoms with Crippen molar-refractivity contribution in [1.29, 1.82) is 0 Å². The summed E-state index contributed by atoms with van der Waals surface area (Å²) in [5.74, 6) is 0.583. The van der Waals surface area contributed by atoms with Crippen LogP contribution in [0.15, 0.2) is 29.2 Å². The van der Waals surface area contributed by atoms with Crippen LogP contribution in [-0.4, -0.2) is 36.6 Å². The summed E-state index contributed by atoms with van der Waals surface area (Å²) in [6.45, 7) is 4.97. The number of ether oxygens (including phenoxy) is 1. The van der Waals surface area contributed by atoms with Crippen LogP contribution in [0.2, 0.25) is 0 Å². The Labute approximate surface area is 123 Å². The molecule has 0 saturated heterocycles. The van der Waals surface area contributed by atoms with Crippen molar-refractivity contribution in [3.63, 3.8) is 0 Å². The topological polar surface area (TPSA) is 46.6 Å². The number of carbonyl (C=O) groups excluding carboxylic acids is 2. The first-order chi connectivity index (χ1) is 9.62. The average Bonchev–Trinajstić information content (AvgIpc) is 2.46. The van der Waals surface area contributed by atoms with Crippen molar-refractivity contribution in [2.24, 2.45) is 0 Å². The lowest BCUT2D eigenvalue weighted by Crippen LogP contribution is -2.26. The van der Waals surface area contributed by atoms with Crippen LogP contribution in [0, 0.1) is 0 Å². The molecule has 1 amide bonds. The minimum atomic E-state index is -0.161. The zero-order valence-corrected chi connectivity index (χ0v) is 12.8. The average molecular weight is 293 g/mol. The number of carbonyl (C=O) groups is 2. The molecule has 0 spiro atoms. The summed E-state index contributed by atoms with van der Waals surface area (Å²) in [5.41, 5.74) is 1.50. The summed E-state index contributed by atoms with van der Waals surface area (Å²) in [4.78, 5) is 24.8. The lowest BCUT2D eigenvalue weighted by atomic mass is 10.2. The molecule has 5 heteroatoms. The second-order valence-corrected chi connectivity index (χ2v) is 4.92. The highest BCUT2D eigenvalue weighted by atomic mass is 32.2. The third-order valence-corrected chi connectivity index (χ3v) is 3.32. The second-order valence-electron chi connectivity index (χ2n) is 4.05. The molecule has 1 aromatic rings. The van der Waals surface area contributed by atoms with E-state index in [1.54, 1.807) is 18.0 Å². The van der Waals surface area contributed by atoms with Gasteiger partial charge in [0.05, 0.1) is 11.5 Å². The van der Waals surface area contributed by atoms with Crippen LogP contribution in [-0.2, 0) is 9.59 Å². The molecule has 1 aromatic carbocycles. The van der Waals surface area contributed by atoms with Crippen molar-refractivity contribution >= 4 is 29.4 Å². The zero-order valence-electron chi connectivity index (χ0n) is 12.0. The van der Waals surface area contributed by atoms with Crippen LogP contribution in [0.25, 0.3) is 6.08 Å². The first-order valence-corrected chi connectivity index (χ1v) is 7.30. The van der Waals surface area contributed by atoms with Crippen molar-refractivity contribution in [1.82, 2.24) is 4.90 Å². The van der Waals surface area contributed by atoms with Gasteiger partial charge in [0.2, 0.25) is 0 Å². The fraction of sp³-hybridized carbons (Fsp3) is 0.333. The van der Waals surface area contributed by atoms with Gasteiger partial charge in [0.15, 0.2) is 5.62 Å². The fourth-order valence-corrected chi connectivity index (χ4v) is 2.11. The third kappa shape index (κ3) is 4.74. The number of benzene rings is 1. The zero-order chi connectivity index (χ0) is 15.0. The van der Waals surface area contributed by atoms with Gasteiger partial charge in [0.25, 0.3) is 5.91 Å². The number of thioether (sulfide) groups is 1. The molecule has 0 aliphatic heterocycles. The van der Waals surface area contributed by atoms with Gasteiger partial charge in [-0.15, -0.1) is 0 Å². The molecule has 4 nitrogen and oxygen atoms in total. The molecule has 0 radical (unpaired) electrons. The van der Waals surface area contributed by atoms with Gasteiger partial charge in [0, 0.05) is 13.6 Å². The van der Waals surface area contributed by atoms with Gasteiger partial charge in [-0.1, -0.05) is 12.1 Å². The van der Waals surface area contributed by atoms with Gasteiger partial charge >= 0.3 is 0 Å². The minimum Gasteiger partial charge on any atom is -0.494 e. The summed E-state index contributed by atoms with van der Waals surface area (Å²) < 4.78 is 5.42. The Morgan fingerprint density at radius 2 is 2.15 bits per heavy atom. The van der Waals surface area contributed by atoms with Crippen LogP contribution in [0.1, 0.15) is 19.4 Å². The maximum absolute atomic E-state index is 12.1. The van der Waals surface area contributed by atoms with Gasteiger partial charge in [-0.05, 0) is 49.4 Å². The van der Waals surface area contributed by atoms with Gasteiger partial charge in [0.1, 0.15) is 5.75 Å². The van der Waals surface area contributed by atoms with E-state index in [0.29, 0.717) is 23.7 Å². The van der Waals surface area contributed by atoms with E-state index < -0.39 is 0 Å². The number of nitrogens with zero attached hydrogens (tertiary/aromatic N) is 1. The predicted molar refractivity (Wildman–Crippen MR) is 83.2 cm³/mol. The van der Waals surface area contributed by atoms with Crippen molar-refractivity contribution in [2.75, 3.05) is 20.2 Å². The largest absolute Gasteiger partial charge is 0.494 e. The molecule has 108 valence electrons. The van der Waals surface area contributed by atoms with Crippen molar-refractivity contribution < 1.29 is 14.3 Å². The van der Waals surface area contributed by atoms with Crippen LogP contribution in [0.4, 0.5) is 0 Å². The smallest absolute Gasteiger partial charge is 0.260 e. The molecule has 0 bridgehead atoms. The fourth-order valence-electron chi connectivity index (χ4n) is 1.54. The predicted octanol–water partition coefficient (Wildman–Crippen LogP) is 2.83. The van der Waals surface area contributed by atoms with E-state index in [9.17, 15) is 9.59 Å². The highest BCUT2D eigenvalue weighted by Crippen LogP contribution is 2.21. The normalized spacial score (nSPS) is 11.1. The molecule has 0 fully saturated rings. The molecule has 0 saturated carbocycles. The number of hydrogen-bond acceptors (Lipinski definition) is 4. The van der Waals surface area contributed by atoms with E-state index in [1.807, 2.05) is 38.1 Å². The van der Waals surface area contributed by atoms with Gasteiger partial charge in [-0.3, -0.25) is 9.59 Å². The SMILES string of the molecule is CCOc1cccc(/C=C(/SC=O)C(=O)N(C)CC)c1. The van der Waals surface area contributed by atoms with Crippen molar-refractivity contribution in [3.8, 4) is 5.75 Å². The number of amides is 1. The molecule has 0 N–H and O–H groups in total. The number of hydrogen-bond donors (Lipinski definition) is 0. The Morgan fingerprint density at radius 3 is 2.75 bits per heavy atom. The van der Waals surface area contributed by atoms with E-state index >= 15 is 0 Å². The molecular weight excluding hydrogens is 274 g/mol. The maximum Gasteiger partial charge on any atom is 0.260 e. The lowest BCUT2D eigenvalue weighted by Gasteiger charge is -2.15. The molecular formula is C15H19NO3S. The van der Waals surface area contributed by atoms with Crippen LogP contribution >= 0.6 is 11.8 Å². The Kier molecular flexibility index (Phi) is 6.87. The maximum atomic E-state index is 12.1. The number of rotatable bonds is 7. The van der Waals surface area contributed by atoms with Gasteiger partial charge in [-0.25, -0.2) is 0 Å². The van der Waals surface area contributed by atoms with E-state index in [2.05, 4.69) is 0 Å². The molecule has 0 heterocycles. The monoisotopic (exact) mass is 293 g/mol. The van der Waals surface area contributed by atoms with E-state index in [1.165, 1.54) is 0 Å². The molecule has 0 aliphatic rings. The quantitative estimate of drug-likeness (QED) is 0.573. The van der Waals surface area contributed by atoms with Gasteiger partial charge in [-0.2, -0.15) is 0 Å². The van der Waals surface area contributed by atoms with Crippen molar-refractivity contribution in [2.45, 2.75) is 13.8 Å². The Bertz CT molecular complexity index is 500. The second kappa shape index (κ2) is 8.43. The first kappa shape index (κ1) is 16.3. The Balaban J connectivity index is 3.03. The van der Waals surface area contributed by atoms with Crippen LogP contribution < -0.4 is 4.74 Å². The first-order valence-electron chi connectivity index (χ1n) is 6.42. The van der Waals surface area contributed by atoms with Crippen molar-refractivity contribution in [3.05, 3.63) is 34.7 Å². The lowest BCUT2D eigenvalue weighted by molar-refractivity contribution is -0.124. The highest BCUT2D eigenvalue weighted by molar-refractivity contribution is 8.16. The third-order valence-electron chi connectivity index (χ3n) is 2.67. The molecule has 20 heavy (non-hydrogen) atoms. The number of likely N-dealkylation sites (N-methyl/N-ethyl adjacent to an activating group) is 1. The molecule has 0 unspecified atom stereocenters. The molecule has 0 aromatic heterocycles. The summed E-state index contributed by atoms with van der Waals surface area (Å²) in [5, 5.41) is 0. The van der Waals surface area contributed by atoms with Gasteiger partial charge < -0.3 is 9.64 Å². The standard InChI is InChI=1S/C15H19NO3S/c1-4-16(3)15(18)14(20-11-17)10-12-7-6-8-13(9-12)19-5-2/h6-11H,4-5H2,1-3H3/b14-10+. The van der Waals surface area contributed by atoms with E-state index in [4.69, 9.17) is 4.74 Å². The van der Waals surface area contributed by atoms with Crippen LogP contribution in [0.5, 0.6) is 5.75 Å². The molecule has 1 rings (SSSR count). The summed E-state index contributed by atoms with van der Waals surface area (Å²) in [6, 6.07) is 7.42. The molecule has 0 aliphatic carbocycles. The molecule has 0 atom stereocenters. The minimum absolute atomic E-state index is 0.161. The highest BCUT2D eigenvalue weighted by Gasteiger charge is 2.14. The summed E-state index contributed by atoms with van der Waals surface area (Å²) in [6.07, 6.45) is 1.70. The van der Waals surface area contributed by atoms with E-state index in [0.717, 1.165) is 23.1 Å². The summed E-state index contributed by atoms with van der Waals surface area (Å²) >= 11 is 0.891. The van der Waals surface area contributed by atoms with E-state index in [-0.39, 0.29) is 5.91 Å². The Morgan fingerprint density at radius 1 is 1.40 bits per heavy atom. The summed E-state index contributed by atoms with van der Waals surface area (Å²) in [7, 11) is 1.71. The Hall–Kier alpha value is -1.75. The van der Waals surface area contributed by atoms with Crippen LogP contribution in [0.3, 0.4) is 0 Å².